The largest absolute Gasteiger partial charge is 0.495 e. The number of rotatable bonds is 7. The molecular weight excluding hydrogens is 413 g/mol. The standard InChI is InChI=1S/C17H17Cl2N3O4S/c1-26-16-8-7-14(9-15(16)19)22(27(2,24)25)11-17(23)21-20-10-12-3-5-13(18)6-4-12/h3-10H,11H2,1-2H3,(H,21,23)/b20-10-. The van der Waals surface area contributed by atoms with Crippen LogP contribution in [0.1, 0.15) is 5.56 Å². The van der Waals surface area contributed by atoms with Crippen molar-refractivity contribution in [1.29, 1.82) is 0 Å². The van der Waals surface area contributed by atoms with Crippen LogP contribution in [0.4, 0.5) is 5.69 Å². The number of methoxy groups -OCH3 is 1. The monoisotopic (exact) mass is 429 g/mol. The number of nitrogens with one attached hydrogen (secondary N) is 1. The van der Waals surface area contributed by atoms with Crippen LogP contribution in [0.2, 0.25) is 10.0 Å². The van der Waals surface area contributed by atoms with E-state index in [1.165, 1.54) is 31.5 Å². The Balaban J connectivity index is 2.10. The number of ether oxygens (including phenoxy) is 1. The molecule has 0 saturated carbocycles. The number of carbonyl (C=O) groups is 1. The molecule has 144 valence electrons. The predicted octanol–water partition coefficient (Wildman–Crippen LogP) is 2.92. The third-order valence-corrected chi connectivity index (χ3v) is 5.07. The number of hydrogen-bond acceptors (Lipinski definition) is 5. The summed E-state index contributed by atoms with van der Waals surface area (Å²) in [5.74, 6) is -0.219. The molecule has 2 rings (SSSR count). The van der Waals surface area contributed by atoms with Crippen molar-refractivity contribution in [2.75, 3.05) is 24.2 Å². The highest BCUT2D eigenvalue weighted by molar-refractivity contribution is 7.92. The highest BCUT2D eigenvalue weighted by Gasteiger charge is 2.21. The number of amides is 1. The minimum Gasteiger partial charge on any atom is -0.495 e. The lowest BCUT2D eigenvalue weighted by Gasteiger charge is -2.21. The Morgan fingerprint density at radius 1 is 1.22 bits per heavy atom. The number of hydrazone groups is 1. The van der Waals surface area contributed by atoms with Gasteiger partial charge in [0, 0.05) is 5.02 Å². The fraction of sp³-hybridized carbons (Fsp3) is 0.176. The first-order valence-corrected chi connectivity index (χ1v) is 10.2. The fourth-order valence-corrected chi connectivity index (χ4v) is 3.33. The molecule has 0 fully saturated rings. The van der Waals surface area contributed by atoms with Crippen molar-refractivity contribution in [3.8, 4) is 5.75 Å². The van der Waals surface area contributed by atoms with Gasteiger partial charge in [0.1, 0.15) is 12.3 Å². The SMILES string of the molecule is COc1ccc(N(CC(=O)N/N=C\c2ccc(Cl)cc2)S(C)(=O)=O)cc1Cl. The normalized spacial score (nSPS) is 11.4. The Kier molecular flexibility index (Phi) is 7.06. The number of nitrogens with zero attached hydrogens (tertiary/aromatic N) is 2. The first kappa shape index (κ1) is 21.0. The molecule has 0 aliphatic rings. The summed E-state index contributed by atoms with van der Waals surface area (Å²) in [6.07, 6.45) is 2.42. The van der Waals surface area contributed by atoms with Crippen molar-refractivity contribution < 1.29 is 17.9 Å². The van der Waals surface area contributed by atoms with Crippen molar-refractivity contribution in [2.45, 2.75) is 0 Å². The molecule has 27 heavy (non-hydrogen) atoms. The molecule has 0 heterocycles. The summed E-state index contributed by atoms with van der Waals surface area (Å²) in [4.78, 5) is 12.1. The van der Waals surface area contributed by atoms with E-state index < -0.39 is 22.5 Å². The molecule has 0 aromatic heterocycles. The van der Waals surface area contributed by atoms with E-state index >= 15 is 0 Å². The first-order chi connectivity index (χ1) is 12.7. The van der Waals surface area contributed by atoms with E-state index in [1.54, 1.807) is 24.3 Å². The average Bonchev–Trinajstić information content (AvgIpc) is 2.60. The summed E-state index contributed by atoms with van der Waals surface area (Å²) in [5, 5.41) is 4.62. The van der Waals surface area contributed by atoms with Gasteiger partial charge in [0.2, 0.25) is 10.0 Å². The van der Waals surface area contributed by atoms with E-state index in [9.17, 15) is 13.2 Å². The molecule has 2 aromatic rings. The summed E-state index contributed by atoms with van der Waals surface area (Å²) < 4.78 is 30.1. The zero-order valence-electron chi connectivity index (χ0n) is 14.5. The van der Waals surface area contributed by atoms with E-state index in [-0.39, 0.29) is 10.7 Å². The van der Waals surface area contributed by atoms with Gasteiger partial charge in [-0.15, -0.1) is 0 Å². The Morgan fingerprint density at radius 2 is 1.89 bits per heavy atom. The molecule has 10 heteroatoms. The van der Waals surface area contributed by atoms with Gasteiger partial charge in [0.25, 0.3) is 5.91 Å². The quantitative estimate of drug-likeness (QED) is 0.541. The van der Waals surface area contributed by atoms with Crippen LogP contribution < -0.4 is 14.5 Å². The number of sulfonamides is 1. The lowest BCUT2D eigenvalue weighted by atomic mass is 10.2. The van der Waals surface area contributed by atoms with E-state index in [2.05, 4.69) is 10.5 Å². The molecule has 0 aliphatic heterocycles. The van der Waals surface area contributed by atoms with Crippen LogP contribution in [0.3, 0.4) is 0 Å². The lowest BCUT2D eigenvalue weighted by molar-refractivity contribution is -0.119. The van der Waals surface area contributed by atoms with Crippen LogP contribution in [0.15, 0.2) is 47.6 Å². The number of hydrogen-bond donors (Lipinski definition) is 1. The first-order valence-electron chi connectivity index (χ1n) is 7.59. The maximum atomic E-state index is 12.1. The van der Waals surface area contributed by atoms with Crippen LogP contribution in [0.25, 0.3) is 0 Å². The summed E-state index contributed by atoms with van der Waals surface area (Å²) in [5.41, 5.74) is 3.25. The van der Waals surface area contributed by atoms with Gasteiger partial charge in [-0.1, -0.05) is 35.3 Å². The van der Waals surface area contributed by atoms with E-state index in [4.69, 9.17) is 27.9 Å². The molecule has 1 N–H and O–H groups in total. The lowest BCUT2D eigenvalue weighted by Crippen LogP contribution is -2.39. The second-order valence-electron chi connectivity index (χ2n) is 5.43. The third kappa shape index (κ3) is 6.13. The second-order valence-corrected chi connectivity index (χ2v) is 8.18. The van der Waals surface area contributed by atoms with Crippen molar-refractivity contribution in [3.05, 3.63) is 58.1 Å². The number of benzene rings is 2. The minimum atomic E-state index is -3.72. The third-order valence-electron chi connectivity index (χ3n) is 3.38. The Hall–Kier alpha value is -2.29. The molecule has 0 atom stereocenters. The van der Waals surface area contributed by atoms with Gasteiger partial charge in [-0.2, -0.15) is 5.10 Å². The molecular formula is C17H17Cl2N3O4S. The minimum absolute atomic E-state index is 0.227. The van der Waals surface area contributed by atoms with Gasteiger partial charge in [-0.3, -0.25) is 9.10 Å². The van der Waals surface area contributed by atoms with Crippen LogP contribution >= 0.6 is 23.2 Å². The maximum Gasteiger partial charge on any atom is 0.260 e. The molecule has 0 bridgehead atoms. The zero-order valence-corrected chi connectivity index (χ0v) is 16.8. The smallest absolute Gasteiger partial charge is 0.260 e. The van der Waals surface area contributed by atoms with E-state index in [0.717, 1.165) is 16.1 Å². The zero-order chi connectivity index (χ0) is 20.0. The van der Waals surface area contributed by atoms with Crippen molar-refractivity contribution in [2.24, 2.45) is 5.10 Å². The van der Waals surface area contributed by atoms with Crippen LogP contribution in [-0.4, -0.2) is 40.4 Å². The summed E-state index contributed by atoms with van der Waals surface area (Å²) in [6, 6.07) is 11.2. The average molecular weight is 430 g/mol. The van der Waals surface area contributed by atoms with Gasteiger partial charge >= 0.3 is 0 Å². The highest BCUT2D eigenvalue weighted by atomic mass is 35.5. The molecule has 0 unspecified atom stereocenters. The predicted molar refractivity (Wildman–Crippen MR) is 107 cm³/mol. The van der Waals surface area contributed by atoms with Crippen LogP contribution in [-0.2, 0) is 14.8 Å². The molecule has 0 radical (unpaired) electrons. The number of carbonyl (C=O) groups excluding carboxylic acids is 1. The van der Waals surface area contributed by atoms with E-state index in [0.29, 0.717) is 10.8 Å². The van der Waals surface area contributed by atoms with Gasteiger partial charge in [0.15, 0.2) is 0 Å². The van der Waals surface area contributed by atoms with Crippen molar-refractivity contribution >= 4 is 51.0 Å². The Labute approximate surface area is 167 Å². The Bertz CT molecular complexity index is 947. The number of halogens is 2. The van der Waals surface area contributed by atoms with Gasteiger partial charge in [-0.05, 0) is 35.9 Å². The van der Waals surface area contributed by atoms with Crippen LogP contribution in [0, 0.1) is 0 Å². The van der Waals surface area contributed by atoms with Crippen molar-refractivity contribution in [1.82, 2.24) is 5.43 Å². The van der Waals surface area contributed by atoms with Crippen LogP contribution in [0.5, 0.6) is 5.75 Å². The maximum absolute atomic E-state index is 12.1. The van der Waals surface area contributed by atoms with Gasteiger partial charge in [-0.25, -0.2) is 13.8 Å². The van der Waals surface area contributed by atoms with Gasteiger partial charge in [0.05, 0.1) is 30.3 Å². The van der Waals surface area contributed by atoms with E-state index in [1.807, 2.05) is 0 Å². The second kappa shape index (κ2) is 9.07. The van der Waals surface area contributed by atoms with Gasteiger partial charge < -0.3 is 4.74 Å². The Morgan fingerprint density at radius 3 is 2.44 bits per heavy atom. The topological polar surface area (TPSA) is 88.1 Å². The molecule has 0 spiro atoms. The fourth-order valence-electron chi connectivity index (χ4n) is 2.10. The molecule has 0 saturated heterocycles. The summed E-state index contributed by atoms with van der Waals surface area (Å²) in [6.45, 7) is -0.459. The van der Waals surface area contributed by atoms with Crippen molar-refractivity contribution in [3.63, 3.8) is 0 Å². The summed E-state index contributed by atoms with van der Waals surface area (Å²) >= 11 is 11.8. The summed E-state index contributed by atoms with van der Waals surface area (Å²) in [7, 11) is -2.28. The highest BCUT2D eigenvalue weighted by Crippen LogP contribution is 2.30. The molecule has 2 aromatic carbocycles. The molecule has 0 aliphatic carbocycles. The number of anilines is 1. The molecule has 1 amide bonds. The molecule has 7 nitrogen and oxygen atoms in total.